The highest BCUT2D eigenvalue weighted by atomic mass is 15.2. The second-order valence-electron chi connectivity index (χ2n) is 7.28. The average Bonchev–Trinajstić information content (AvgIpc) is 2.25. The predicted molar refractivity (Wildman–Crippen MR) is 76.1 cm³/mol. The van der Waals surface area contributed by atoms with Crippen LogP contribution in [0.4, 0.5) is 0 Å². The van der Waals surface area contributed by atoms with E-state index < -0.39 is 0 Å². The van der Waals surface area contributed by atoms with Gasteiger partial charge in [-0.1, -0.05) is 40.5 Å². The van der Waals surface area contributed by atoms with Crippen LogP contribution in [0.5, 0.6) is 0 Å². The standard InChI is InChI=1S/C15H32N2/c1-12-8-7-9-15(10-12,11-16)17(6)13(2)14(3,4)5/h12-13H,7-11,16H2,1-6H3. The molecular weight excluding hydrogens is 208 g/mol. The molecule has 0 spiro atoms. The van der Waals surface area contributed by atoms with Gasteiger partial charge in [-0.2, -0.15) is 0 Å². The van der Waals surface area contributed by atoms with Gasteiger partial charge < -0.3 is 5.73 Å². The zero-order chi connectivity index (χ0) is 13.3. The third-order valence-electron chi connectivity index (χ3n) is 5.03. The van der Waals surface area contributed by atoms with Crippen LogP contribution in [-0.2, 0) is 0 Å². The highest BCUT2D eigenvalue weighted by Gasteiger charge is 2.41. The molecule has 0 radical (unpaired) electrons. The van der Waals surface area contributed by atoms with E-state index in [-0.39, 0.29) is 5.54 Å². The highest BCUT2D eigenvalue weighted by molar-refractivity contribution is 4.98. The van der Waals surface area contributed by atoms with E-state index in [1.807, 2.05) is 0 Å². The lowest BCUT2D eigenvalue weighted by Gasteiger charge is -2.51. The summed E-state index contributed by atoms with van der Waals surface area (Å²) >= 11 is 0. The van der Waals surface area contributed by atoms with Gasteiger partial charge in [0.1, 0.15) is 0 Å². The molecule has 0 aromatic rings. The lowest BCUT2D eigenvalue weighted by atomic mass is 9.73. The maximum Gasteiger partial charge on any atom is 0.0334 e. The third kappa shape index (κ3) is 3.23. The van der Waals surface area contributed by atoms with Crippen molar-refractivity contribution in [2.75, 3.05) is 13.6 Å². The molecule has 2 nitrogen and oxygen atoms in total. The van der Waals surface area contributed by atoms with Crippen LogP contribution in [0.1, 0.15) is 60.3 Å². The van der Waals surface area contributed by atoms with Crippen molar-refractivity contribution in [3.8, 4) is 0 Å². The summed E-state index contributed by atoms with van der Waals surface area (Å²) in [4.78, 5) is 2.57. The van der Waals surface area contributed by atoms with Gasteiger partial charge in [0.15, 0.2) is 0 Å². The van der Waals surface area contributed by atoms with Crippen molar-refractivity contribution in [2.24, 2.45) is 17.1 Å². The molecule has 3 unspecified atom stereocenters. The van der Waals surface area contributed by atoms with Gasteiger partial charge in [0.2, 0.25) is 0 Å². The van der Waals surface area contributed by atoms with Gasteiger partial charge in [-0.25, -0.2) is 0 Å². The molecule has 0 aromatic heterocycles. The van der Waals surface area contributed by atoms with Gasteiger partial charge >= 0.3 is 0 Å². The molecule has 3 atom stereocenters. The zero-order valence-electron chi connectivity index (χ0n) is 12.7. The Labute approximate surface area is 108 Å². The molecule has 0 amide bonds. The smallest absolute Gasteiger partial charge is 0.0334 e. The van der Waals surface area contributed by atoms with E-state index in [9.17, 15) is 0 Å². The molecule has 102 valence electrons. The molecule has 1 rings (SSSR count). The molecule has 0 aromatic carbocycles. The van der Waals surface area contributed by atoms with Crippen LogP contribution in [0.2, 0.25) is 0 Å². The Morgan fingerprint density at radius 2 is 2.00 bits per heavy atom. The van der Waals surface area contributed by atoms with E-state index in [2.05, 4.69) is 46.6 Å². The number of hydrogen-bond donors (Lipinski definition) is 1. The molecule has 2 heteroatoms. The molecule has 1 saturated carbocycles. The van der Waals surface area contributed by atoms with Crippen molar-refractivity contribution in [3.63, 3.8) is 0 Å². The van der Waals surface area contributed by atoms with Crippen molar-refractivity contribution >= 4 is 0 Å². The fourth-order valence-corrected chi connectivity index (χ4v) is 3.27. The summed E-state index contributed by atoms with van der Waals surface area (Å²) in [5.41, 5.74) is 6.70. The summed E-state index contributed by atoms with van der Waals surface area (Å²) in [7, 11) is 2.28. The maximum atomic E-state index is 6.14. The van der Waals surface area contributed by atoms with Crippen LogP contribution in [0, 0.1) is 11.3 Å². The Bertz CT molecular complexity index is 244. The second-order valence-corrected chi connectivity index (χ2v) is 7.28. The first kappa shape index (κ1) is 15.0. The van der Waals surface area contributed by atoms with Crippen LogP contribution in [-0.4, -0.2) is 30.1 Å². The van der Waals surface area contributed by atoms with Crippen molar-refractivity contribution in [3.05, 3.63) is 0 Å². The molecular formula is C15H32N2. The van der Waals surface area contributed by atoms with E-state index in [1.165, 1.54) is 25.7 Å². The Kier molecular flexibility index (Phi) is 4.65. The van der Waals surface area contributed by atoms with Gasteiger partial charge in [0.25, 0.3) is 0 Å². The van der Waals surface area contributed by atoms with Crippen LogP contribution < -0.4 is 5.73 Å². The summed E-state index contributed by atoms with van der Waals surface area (Å²) < 4.78 is 0. The van der Waals surface area contributed by atoms with E-state index in [4.69, 9.17) is 5.73 Å². The van der Waals surface area contributed by atoms with Crippen molar-refractivity contribution in [1.29, 1.82) is 0 Å². The van der Waals surface area contributed by atoms with E-state index in [0.717, 1.165) is 12.5 Å². The van der Waals surface area contributed by atoms with Gasteiger partial charge in [0, 0.05) is 18.1 Å². The normalized spacial score (nSPS) is 32.8. The highest BCUT2D eigenvalue weighted by Crippen LogP contribution is 2.39. The fourth-order valence-electron chi connectivity index (χ4n) is 3.27. The van der Waals surface area contributed by atoms with E-state index in [1.54, 1.807) is 0 Å². The Hall–Kier alpha value is -0.0800. The molecule has 0 bridgehead atoms. The van der Waals surface area contributed by atoms with Crippen LogP contribution in [0.15, 0.2) is 0 Å². The molecule has 1 aliphatic carbocycles. The molecule has 17 heavy (non-hydrogen) atoms. The fraction of sp³-hybridized carbons (Fsp3) is 1.00. The lowest BCUT2D eigenvalue weighted by Crippen LogP contribution is -2.59. The Morgan fingerprint density at radius 1 is 1.41 bits per heavy atom. The van der Waals surface area contributed by atoms with Crippen molar-refractivity contribution in [2.45, 2.75) is 71.9 Å². The molecule has 1 fully saturated rings. The Morgan fingerprint density at radius 3 is 2.41 bits per heavy atom. The van der Waals surface area contributed by atoms with Crippen LogP contribution >= 0.6 is 0 Å². The van der Waals surface area contributed by atoms with Gasteiger partial charge in [-0.05, 0) is 38.1 Å². The molecule has 0 saturated heterocycles. The minimum atomic E-state index is 0.240. The summed E-state index contributed by atoms with van der Waals surface area (Å²) in [5.74, 6) is 0.821. The van der Waals surface area contributed by atoms with Crippen LogP contribution in [0.3, 0.4) is 0 Å². The summed E-state index contributed by atoms with van der Waals surface area (Å²) in [5, 5.41) is 0. The summed E-state index contributed by atoms with van der Waals surface area (Å²) in [6.07, 6.45) is 5.24. The van der Waals surface area contributed by atoms with E-state index >= 15 is 0 Å². The second kappa shape index (κ2) is 5.27. The van der Waals surface area contributed by atoms with Gasteiger partial charge in [-0.3, -0.25) is 4.90 Å². The molecule has 1 aliphatic rings. The topological polar surface area (TPSA) is 29.3 Å². The largest absolute Gasteiger partial charge is 0.329 e. The molecule has 2 N–H and O–H groups in total. The van der Waals surface area contributed by atoms with E-state index in [0.29, 0.717) is 11.5 Å². The average molecular weight is 240 g/mol. The third-order valence-corrected chi connectivity index (χ3v) is 5.03. The number of nitrogens with zero attached hydrogens (tertiary/aromatic N) is 1. The number of rotatable bonds is 3. The number of likely N-dealkylation sites (N-methyl/N-ethyl adjacent to an activating group) is 1. The first-order valence-electron chi connectivity index (χ1n) is 7.16. The number of nitrogens with two attached hydrogens (primary N) is 1. The minimum Gasteiger partial charge on any atom is -0.329 e. The molecule has 0 heterocycles. The van der Waals surface area contributed by atoms with Crippen molar-refractivity contribution < 1.29 is 0 Å². The quantitative estimate of drug-likeness (QED) is 0.820. The SMILES string of the molecule is CC1CCCC(CN)(N(C)C(C)C(C)(C)C)C1. The first-order chi connectivity index (χ1) is 7.73. The lowest BCUT2D eigenvalue weighted by molar-refractivity contribution is -0.00419. The van der Waals surface area contributed by atoms with Gasteiger partial charge in [0.05, 0.1) is 0 Å². The Balaban J connectivity index is 2.85. The van der Waals surface area contributed by atoms with Crippen molar-refractivity contribution in [1.82, 2.24) is 4.90 Å². The first-order valence-corrected chi connectivity index (χ1v) is 7.16. The minimum absolute atomic E-state index is 0.240. The summed E-state index contributed by atoms with van der Waals surface area (Å²) in [6, 6.07) is 0.566. The maximum absolute atomic E-state index is 6.14. The predicted octanol–water partition coefficient (Wildman–Crippen LogP) is 3.26. The van der Waals surface area contributed by atoms with Crippen LogP contribution in [0.25, 0.3) is 0 Å². The number of hydrogen-bond acceptors (Lipinski definition) is 2. The molecule has 0 aliphatic heterocycles. The summed E-state index contributed by atoms with van der Waals surface area (Å²) in [6.45, 7) is 12.5. The zero-order valence-corrected chi connectivity index (χ0v) is 12.7. The monoisotopic (exact) mass is 240 g/mol. The van der Waals surface area contributed by atoms with Gasteiger partial charge in [-0.15, -0.1) is 0 Å².